The fourth-order valence-corrected chi connectivity index (χ4v) is 4.16. The Morgan fingerprint density at radius 2 is 2.08 bits per heavy atom. The zero-order chi connectivity index (χ0) is 16.8. The van der Waals surface area contributed by atoms with Gasteiger partial charge in [-0.1, -0.05) is 31.2 Å². The van der Waals surface area contributed by atoms with Gasteiger partial charge in [-0.25, -0.2) is 4.98 Å². The Labute approximate surface area is 148 Å². The van der Waals surface area contributed by atoms with Gasteiger partial charge in [-0.05, 0) is 24.1 Å². The van der Waals surface area contributed by atoms with E-state index < -0.39 is 0 Å². The number of rotatable bonds is 7. The summed E-state index contributed by atoms with van der Waals surface area (Å²) >= 11 is 1.96. The minimum absolute atomic E-state index is 0.365. The van der Waals surface area contributed by atoms with Crippen LogP contribution in [0.2, 0.25) is 0 Å². The predicted octanol–water partition coefficient (Wildman–Crippen LogP) is 3.82. The number of nitrogens with one attached hydrogen (secondary N) is 1. The Morgan fingerprint density at radius 1 is 1.21 bits per heavy atom. The third kappa shape index (κ3) is 4.29. The number of benzene rings is 1. The van der Waals surface area contributed by atoms with E-state index in [9.17, 15) is 0 Å². The molecule has 1 aliphatic rings. The average Bonchev–Trinajstić information content (AvgIpc) is 2.60. The summed E-state index contributed by atoms with van der Waals surface area (Å²) in [5, 5.41) is 4.31. The van der Waals surface area contributed by atoms with Gasteiger partial charge in [0.2, 0.25) is 5.88 Å². The first kappa shape index (κ1) is 17.3. The largest absolute Gasteiger partial charge is 0.475 e. The van der Waals surface area contributed by atoms with Crippen LogP contribution in [0.15, 0.2) is 47.5 Å². The van der Waals surface area contributed by atoms with E-state index in [1.165, 1.54) is 10.5 Å². The third-order valence-electron chi connectivity index (χ3n) is 4.11. The molecule has 0 saturated carbocycles. The van der Waals surface area contributed by atoms with Crippen molar-refractivity contribution in [2.45, 2.75) is 36.1 Å². The molecular formula is C19H24N2O2S. The zero-order valence-electron chi connectivity index (χ0n) is 14.2. The van der Waals surface area contributed by atoms with Crippen LogP contribution in [0.5, 0.6) is 5.88 Å². The van der Waals surface area contributed by atoms with Crippen LogP contribution in [-0.4, -0.2) is 30.6 Å². The molecular weight excluding hydrogens is 320 g/mol. The Balaban J connectivity index is 1.68. The molecule has 2 heterocycles. The predicted molar refractivity (Wildman–Crippen MR) is 97.6 cm³/mol. The summed E-state index contributed by atoms with van der Waals surface area (Å²) in [6.45, 7) is 4.11. The normalized spacial score (nSPS) is 19.8. The van der Waals surface area contributed by atoms with Gasteiger partial charge in [0.1, 0.15) is 6.61 Å². The molecule has 2 atom stereocenters. The van der Waals surface area contributed by atoms with Crippen LogP contribution >= 0.6 is 11.8 Å². The molecule has 0 amide bonds. The van der Waals surface area contributed by atoms with Crippen LogP contribution in [0.4, 0.5) is 0 Å². The molecule has 1 N–H and O–H groups in total. The van der Waals surface area contributed by atoms with E-state index in [0.717, 1.165) is 18.5 Å². The molecule has 0 fully saturated rings. The number of fused-ring (bicyclic) bond motifs is 1. The van der Waals surface area contributed by atoms with Crippen molar-refractivity contribution in [3.63, 3.8) is 0 Å². The fourth-order valence-electron chi connectivity index (χ4n) is 2.94. The van der Waals surface area contributed by atoms with E-state index in [-0.39, 0.29) is 0 Å². The van der Waals surface area contributed by atoms with Gasteiger partial charge in [-0.3, -0.25) is 0 Å². The van der Waals surface area contributed by atoms with Gasteiger partial charge in [0, 0.05) is 41.6 Å². The van der Waals surface area contributed by atoms with Crippen molar-refractivity contribution in [1.82, 2.24) is 10.3 Å². The Hall–Kier alpha value is -1.56. The smallest absolute Gasteiger partial charge is 0.217 e. The van der Waals surface area contributed by atoms with Crippen molar-refractivity contribution < 1.29 is 9.47 Å². The highest BCUT2D eigenvalue weighted by Gasteiger charge is 2.24. The van der Waals surface area contributed by atoms with Crippen LogP contribution in [0, 0.1) is 0 Å². The quantitative estimate of drug-likeness (QED) is 0.774. The first-order valence-corrected chi connectivity index (χ1v) is 9.20. The van der Waals surface area contributed by atoms with Crippen LogP contribution < -0.4 is 10.1 Å². The summed E-state index contributed by atoms with van der Waals surface area (Å²) in [6, 6.07) is 13.1. The highest BCUT2D eigenvalue weighted by atomic mass is 32.2. The molecule has 3 rings (SSSR count). The van der Waals surface area contributed by atoms with Crippen molar-refractivity contribution in [3.8, 4) is 5.88 Å². The summed E-state index contributed by atoms with van der Waals surface area (Å²) in [4.78, 5) is 5.74. The minimum Gasteiger partial charge on any atom is -0.475 e. The molecule has 0 unspecified atom stereocenters. The molecule has 4 nitrogen and oxygen atoms in total. The molecule has 128 valence electrons. The number of nitrogens with zero attached hydrogens (tertiary/aromatic N) is 1. The van der Waals surface area contributed by atoms with Crippen LogP contribution in [-0.2, 0) is 11.3 Å². The van der Waals surface area contributed by atoms with Crippen LogP contribution in [0.1, 0.15) is 30.5 Å². The monoisotopic (exact) mass is 344 g/mol. The lowest BCUT2D eigenvalue weighted by Crippen LogP contribution is -2.27. The number of thioether (sulfide) groups is 1. The van der Waals surface area contributed by atoms with Crippen molar-refractivity contribution >= 4 is 11.8 Å². The Bertz CT molecular complexity index is 665. The van der Waals surface area contributed by atoms with E-state index in [2.05, 4.69) is 47.6 Å². The lowest BCUT2D eigenvalue weighted by atomic mass is 10.0. The number of hydrogen-bond donors (Lipinski definition) is 1. The minimum atomic E-state index is 0.365. The molecule has 24 heavy (non-hydrogen) atoms. The topological polar surface area (TPSA) is 43.4 Å². The second-order valence-corrected chi connectivity index (χ2v) is 7.42. The maximum Gasteiger partial charge on any atom is 0.217 e. The van der Waals surface area contributed by atoms with Gasteiger partial charge in [-0.2, -0.15) is 0 Å². The molecule has 0 saturated heterocycles. The molecule has 1 aliphatic heterocycles. The van der Waals surface area contributed by atoms with Crippen molar-refractivity contribution in [1.29, 1.82) is 0 Å². The fraction of sp³-hybridized carbons (Fsp3) is 0.421. The van der Waals surface area contributed by atoms with Gasteiger partial charge >= 0.3 is 0 Å². The van der Waals surface area contributed by atoms with E-state index in [1.54, 1.807) is 13.3 Å². The van der Waals surface area contributed by atoms with E-state index in [1.807, 2.05) is 17.8 Å². The summed E-state index contributed by atoms with van der Waals surface area (Å²) in [5.41, 5.74) is 2.48. The summed E-state index contributed by atoms with van der Waals surface area (Å²) in [6.07, 6.45) is 2.89. The Kier molecular flexibility index (Phi) is 6.12. The summed E-state index contributed by atoms with van der Waals surface area (Å²) < 4.78 is 10.8. The molecule has 0 aliphatic carbocycles. The van der Waals surface area contributed by atoms with Crippen molar-refractivity contribution in [2.24, 2.45) is 0 Å². The molecule has 2 aromatic rings. The maximum atomic E-state index is 5.73. The van der Waals surface area contributed by atoms with E-state index in [0.29, 0.717) is 30.4 Å². The lowest BCUT2D eigenvalue weighted by molar-refractivity contribution is 0.143. The van der Waals surface area contributed by atoms with Gasteiger partial charge in [0.25, 0.3) is 0 Å². The second kappa shape index (κ2) is 8.51. The number of pyridine rings is 1. The lowest BCUT2D eigenvalue weighted by Gasteiger charge is -2.30. The Morgan fingerprint density at radius 3 is 2.96 bits per heavy atom. The summed E-state index contributed by atoms with van der Waals surface area (Å²) in [7, 11) is 1.67. The van der Waals surface area contributed by atoms with Gasteiger partial charge < -0.3 is 14.8 Å². The number of ether oxygens (including phenoxy) is 2. The molecule has 0 spiro atoms. The number of hydrogen-bond acceptors (Lipinski definition) is 5. The van der Waals surface area contributed by atoms with E-state index >= 15 is 0 Å². The van der Waals surface area contributed by atoms with Crippen LogP contribution in [0.3, 0.4) is 0 Å². The zero-order valence-corrected chi connectivity index (χ0v) is 15.0. The van der Waals surface area contributed by atoms with Crippen LogP contribution in [0.25, 0.3) is 0 Å². The first-order valence-electron chi connectivity index (χ1n) is 8.32. The van der Waals surface area contributed by atoms with Gasteiger partial charge in [-0.15, -0.1) is 11.8 Å². The summed E-state index contributed by atoms with van der Waals surface area (Å²) in [5.74, 6) is 0.688. The SMILES string of the molecule is COCCOc1ncccc1CN[C@H]1C[C@@H](C)Sc2ccccc21. The third-order valence-corrected chi connectivity index (χ3v) is 5.33. The van der Waals surface area contributed by atoms with Gasteiger partial charge in [0.05, 0.1) is 6.61 Å². The number of aromatic nitrogens is 1. The van der Waals surface area contributed by atoms with Crippen molar-refractivity contribution in [2.75, 3.05) is 20.3 Å². The molecule has 0 radical (unpaired) electrons. The maximum absolute atomic E-state index is 5.73. The standard InChI is InChI=1S/C19H24N2O2S/c1-14-12-17(16-7-3-4-8-18(16)24-14)21-13-15-6-5-9-20-19(15)23-11-10-22-2/h3-9,14,17,21H,10-13H2,1-2H3/t14-,17+/m1/s1. The highest BCUT2D eigenvalue weighted by molar-refractivity contribution is 8.00. The molecule has 0 bridgehead atoms. The molecule has 1 aromatic heterocycles. The van der Waals surface area contributed by atoms with E-state index in [4.69, 9.17) is 9.47 Å². The number of methoxy groups -OCH3 is 1. The van der Waals surface area contributed by atoms with Gasteiger partial charge in [0.15, 0.2) is 0 Å². The second-order valence-electron chi connectivity index (χ2n) is 5.94. The van der Waals surface area contributed by atoms with Crippen molar-refractivity contribution in [3.05, 3.63) is 53.7 Å². The average molecular weight is 344 g/mol. The first-order chi connectivity index (χ1) is 11.8. The highest BCUT2D eigenvalue weighted by Crippen LogP contribution is 2.40. The molecule has 1 aromatic carbocycles. The molecule has 5 heteroatoms.